The normalized spacial score (nSPS) is 25.5. The van der Waals surface area contributed by atoms with E-state index >= 15 is 0 Å². The van der Waals surface area contributed by atoms with Crippen molar-refractivity contribution in [1.29, 1.82) is 0 Å². The van der Waals surface area contributed by atoms with Crippen molar-refractivity contribution in [2.45, 2.75) is 32.3 Å². The van der Waals surface area contributed by atoms with Gasteiger partial charge in [-0.15, -0.1) is 0 Å². The quantitative estimate of drug-likeness (QED) is 0.685. The number of fused-ring (bicyclic) bond motifs is 1. The third kappa shape index (κ3) is 3.15. The third-order valence-electron chi connectivity index (χ3n) is 4.12. The number of ether oxygens (including phenoxy) is 3. The van der Waals surface area contributed by atoms with Gasteiger partial charge in [-0.3, -0.25) is 13.8 Å². The van der Waals surface area contributed by atoms with E-state index < -0.39 is 43.6 Å². The minimum atomic E-state index is -0.959. The average molecular weight is 369 g/mol. The highest BCUT2D eigenvalue weighted by Crippen LogP contribution is 2.38. The molecule has 142 valence electrons. The first-order valence-electron chi connectivity index (χ1n) is 8.12. The summed E-state index contributed by atoms with van der Waals surface area (Å²) in [6.45, 7) is 2.11. The zero-order chi connectivity index (χ0) is 18.8. The van der Waals surface area contributed by atoms with Crippen molar-refractivity contribution in [3.8, 4) is 5.88 Å². The Morgan fingerprint density at radius 2 is 2.27 bits per heavy atom. The summed E-state index contributed by atoms with van der Waals surface area (Å²) in [7, 11) is 0. The van der Waals surface area contributed by atoms with Gasteiger partial charge in [0.05, 0.1) is 38.2 Å². The minimum Gasteiger partial charge on any atom is -0.476 e. The number of nitrogens with zero attached hydrogens (tertiary/aromatic N) is 4. The van der Waals surface area contributed by atoms with E-state index in [1.807, 2.05) is 0 Å². The molecule has 1 aliphatic rings. The van der Waals surface area contributed by atoms with Crippen LogP contribution in [-0.2, 0) is 14.3 Å². The van der Waals surface area contributed by atoms with Crippen molar-refractivity contribution in [2.24, 2.45) is 5.92 Å². The lowest BCUT2D eigenvalue weighted by Crippen LogP contribution is -2.33. The van der Waals surface area contributed by atoms with Gasteiger partial charge in [0, 0.05) is 6.92 Å². The van der Waals surface area contributed by atoms with Gasteiger partial charge < -0.3 is 25.1 Å². The molecule has 0 aliphatic carbocycles. The number of imidazole rings is 1. The van der Waals surface area contributed by atoms with Crippen molar-refractivity contribution in [1.82, 2.24) is 19.5 Å². The van der Waals surface area contributed by atoms with Gasteiger partial charge >= 0.3 is 5.97 Å². The van der Waals surface area contributed by atoms with Crippen LogP contribution < -0.4 is 10.5 Å². The molecule has 11 heteroatoms. The summed E-state index contributed by atoms with van der Waals surface area (Å²) >= 11 is 0. The largest absolute Gasteiger partial charge is 0.476 e. The molecular formula is C15H20FN5O5. The molecule has 0 spiro atoms. The highest BCUT2D eigenvalue weighted by atomic mass is 19.1. The first-order chi connectivity index (χ1) is 12.5. The number of aliphatic hydroxyl groups excluding tert-OH is 1. The van der Waals surface area contributed by atoms with Crippen molar-refractivity contribution >= 4 is 23.1 Å². The van der Waals surface area contributed by atoms with E-state index in [9.17, 15) is 14.3 Å². The minimum absolute atomic E-state index is 0.0366. The van der Waals surface area contributed by atoms with Crippen molar-refractivity contribution < 1.29 is 28.5 Å². The Kier molecular flexibility index (Phi) is 5.18. The molecular weight excluding hydrogens is 349 g/mol. The number of nitrogens with two attached hydrogens (primary N) is 1. The van der Waals surface area contributed by atoms with E-state index in [-0.39, 0.29) is 11.8 Å². The molecule has 0 aromatic carbocycles. The molecule has 0 amide bonds. The molecule has 3 heterocycles. The second-order valence-corrected chi connectivity index (χ2v) is 5.78. The number of aliphatic hydroxyl groups is 1. The van der Waals surface area contributed by atoms with Crippen molar-refractivity contribution in [3.05, 3.63) is 6.33 Å². The van der Waals surface area contributed by atoms with Crippen LogP contribution in [0.5, 0.6) is 5.88 Å². The SMILES string of the molecule is CCOc1nc(N)nc2c1ncn2C1OC(CO)C(CF)C1OC(C)=O. The van der Waals surface area contributed by atoms with Crippen LogP contribution in [0.4, 0.5) is 10.3 Å². The van der Waals surface area contributed by atoms with Gasteiger partial charge in [-0.2, -0.15) is 9.97 Å². The van der Waals surface area contributed by atoms with Crippen LogP contribution in [0.2, 0.25) is 0 Å². The second kappa shape index (κ2) is 7.38. The smallest absolute Gasteiger partial charge is 0.303 e. The Balaban J connectivity index is 2.07. The van der Waals surface area contributed by atoms with E-state index in [4.69, 9.17) is 19.9 Å². The lowest BCUT2D eigenvalue weighted by molar-refractivity contribution is -0.153. The Bertz CT molecular complexity index is 800. The van der Waals surface area contributed by atoms with Gasteiger partial charge in [-0.25, -0.2) is 4.98 Å². The summed E-state index contributed by atoms with van der Waals surface area (Å²) in [5, 5.41) is 9.48. The molecule has 4 unspecified atom stereocenters. The van der Waals surface area contributed by atoms with Crippen LogP contribution in [0.25, 0.3) is 11.2 Å². The van der Waals surface area contributed by atoms with Crippen LogP contribution in [0.1, 0.15) is 20.1 Å². The molecule has 1 aliphatic heterocycles. The summed E-state index contributed by atoms with van der Waals surface area (Å²) in [4.78, 5) is 23.8. The summed E-state index contributed by atoms with van der Waals surface area (Å²) < 4.78 is 31.4. The van der Waals surface area contributed by atoms with Gasteiger partial charge in [-0.05, 0) is 6.92 Å². The van der Waals surface area contributed by atoms with Gasteiger partial charge in [0.1, 0.15) is 0 Å². The van der Waals surface area contributed by atoms with E-state index in [2.05, 4.69) is 15.0 Å². The number of esters is 1. The standard InChI is InChI=1S/C15H20FN5O5/c1-3-24-13-10-12(19-15(17)20-13)21(6-18-10)14-11(25-7(2)23)8(4-16)9(5-22)26-14/h6,8-9,11,14,22H,3-5H2,1-2H3,(H2,17,19,20). The maximum Gasteiger partial charge on any atom is 0.303 e. The molecule has 26 heavy (non-hydrogen) atoms. The Hall–Kier alpha value is -2.53. The van der Waals surface area contributed by atoms with E-state index in [1.54, 1.807) is 6.92 Å². The van der Waals surface area contributed by atoms with Crippen LogP contribution in [-0.4, -0.2) is 62.7 Å². The topological polar surface area (TPSA) is 135 Å². The molecule has 0 saturated carbocycles. The molecule has 2 aromatic heterocycles. The second-order valence-electron chi connectivity index (χ2n) is 5.78. The first kappa shape index (κ1) is 18.3. The predicted molar refractivity (Wildman–Crippen MR) is 86.9 cm³/mol. The number of carbonyl (C=O) groups is 1. The number of anilines is 1. The molecule has 3 N–H and O–H groups in total. The lowest BCUT2D eigenvalue weighted by atomic mass is 10.00. The van der Waals surface area contributed by atoms with Gasteiger partial charge in [0.2, 0.25) is 11.8 Å². The molecule has 1 fully saturated rings. The fourth-order valence-electron chi connectivity index (χ4n) is 3.04. The predicted octanol–water partition coefficient (Wildman–Crippen LogP) is 0.214. The zero-order valence-corrected chi connectivity index (χ0v) is 14.3. The number of hydrogen-bond donors (Lipinski definition) is 2. The number of rotatable bonds is 6. The number of nitrogen functional groups attached to an aromatic ring is 1. The molecule has 10 nitrogen and oxygen atoms in total. The number of alkyl halides is 1. The average Bonchev–Trinajstić information content (AvgIpc) is 3.15. The van der Waals surface area contributed by atoms with Crippen molar-refractivity contribution in [2.75, 3.05) is 25.6 Å². The molecule has 0 radical (unpaired) electrons. The summed E-state index contributed by atoms with van der Waals surface area (Å²) in [6, 6.07) is 0. The first-order valence-corrected chi connectivity index (χ1v) is 8.12. The third-order valence-corrected chi connectivity index (χ3v) is 4.12. The fourth-order valence-corrected chi connectivity index (χ4v) is 3.04. The number of carbonyl (C=O) groups excluding carboxylic acids is 1. The summed E-state index contributed by atoms with van der Waals surface area (Å²) in [5.41, 5.74) is 6.37. The Morgan fingerprint density at radius 1 is 1.50 bits per heavy atom. The summed E-state index contributed by atoms with van der Waals surface area (Å²) in [6.07, 6.45) is -1.32. The van der Waals surface area contributed by atoms with Gasteiger partial charge in [0.25, 0.3) is 0 Å². The number of halogens is 1. The molecule has 4 atom stereocenters. The van der Waals surface area contributed by atoms with Gasteiger partial charge in [0.15, 0.2) is 23.5 Å². The van der Waals surface area contributed by atoms with E-state index in [1.165, 1.54) is 17.8 Å². The number of aromatic nitrogens is 4. The van der Waals surface area contributed by atoms with Crippen LogP contribution >= 0.6 is 0 Å². The van der Waals surface area contributed by atoms with Crippen LogP contribution in [0.15, 0.2) is 6.33 Å². The highest BCUT2D eigenvalue weighted by Gasteiger charge is 2.48. The fraction of sp³-hybridized carbons (Fsp3) is 0.600. The van der Waals surface area contributed by atoms with E-state index in [0.717, 1.165) is 0 Å². The van der Waals surface area contributed by atoms with E-state index in [0.29, 0.717) is 17.8 Å². The van der Waals surface area contributed by atoms with Gasteiger partial charge in [-0.1, -0.05) is 0 Å². The van der Waals surface area contributed by atoms with Crippen LogP contribution in [0, 0.1) is 5.92 Å². The molecule has 3 rings (SSSR count). The maximum absolute atomic E-state index is 13.5. The maximum atomic E-state index is 13.5. The van der Waals surface area contributed by atoms with Crippen LogP contribution in [0.3, 0.4) is 0 Å². The molecule has 1 saturated heterocycles. The lowest BCUT2D eigenvalue weighted by Gasteiger charge is -2.22. The molecule has 0 bridgehead atoms. The Morgan fingerprint density at radius 3 is 2.88 bits per heavy atom. The monoisotopic (exact) mass is 369 g/mol. The summed E-state index contributed by atoms with van der Waals surface area (Å²) in [5.74, 6) is -1.24. The number of hydrogen-bond acceptors (Lipinski definition) is 9. The molecule has 2 aromatic rings. The highest BCUT2D eigenvalue weighted by molar-refractivity contribution is 5.77. The van der Waals surface area contributed by atoms with Crippen molar-refractivity contribution in [3.63, 3.8) is 0 Å². The Labute approximate surface area is 148 Å². The zero-order valence-electron chi connectivity index (χ0n) is 14.3.